The van der Waals surface area contributed by atoms with Gasteiger partial charge >= 0.3 is 0 Å². The number of hydrogen-bond donors (Lipinski definition) is 2. The molecule has 0 spiro atoms. The topological polar surface area (TPSA) is 68.4 Å². The first-order valence-electron chi connectivity index (χ1n) is 5.95. The predicted molar refractivity (Wildman–Crippen MR) is 77.3 cm³/mol. The molecule has 1 atom stereocenters. The van der Waals surface area contributed by atoms with Gasteiger partial charge in [-0.05, 0) is 24.3 Å². The van der Waals surface area contributed by atoms with Crippen LogP contribution in [0, 0.1) is 0 Å². The van der Waals surface area contributed by atoms with E-state index in [1.807, 2.05) is 30.3 Å². The molecular formula is C14H16N2O2S. The number of aliphatic hydroxyl groups excluding tert-OH is 1. The number of para-hydroxylation sites is 2. The zero-order chi connectivity index (χ0) is 13.5. The van der Waals surface area contributed by atoms with Crippen LogP contribution < -0.4 is 10.5 Å². The molecule has 3 N–H and O–H groups in total. The summed E-state index contributed by atoms with van der Waals surface area (Å²) in [5.74, 6) is 1.13. The second kappa shape index (κ2) is 7.01. The number of rotatable bonds is 6. The van der Waals surface area contributed by atoms with Gasteiger partial charge in [-0.25, -0.2) is 4.98 Å². The monoisotopic (exact) mass is 276 g/mol. The summed E-state index contributed by atoms with van der Waals surface area (Å²) in [4.78, 5) is 4.17. The van der Waals surface area contributed by atoms with E-state index >= 15 is 0 Å². The van der Waals surface area contributed by atoms with Crippen molar-refractivity contribution in [2.24, 2.45) is 0 Å². The Bertz CT molecular complexity index is 508. The number of ether oxygens (including phenoxy) is 1. The van der Waals surface area contributed by atoms with Crippen molar-refractivity contribution in [1.29, 1.82) is 0 Å². The summed E-state index contributed by atoms with van der Waals surface area (Å²) in [6, 6.07) is 12.9. The largest absolute Gasteiger partial charge is 0.489 e. The molecule has 2 rings (SSSR count). The third-order valence-corrected chi connectivity index (χ3v) is 3.50. The van der Waals surface area contributed by atoms with Crippen molar-refractivity contribution in [3.05, 3.63) is 48.7 Å². The Balaban J connectivity index is 1.76. The highest BCUT2D eigenvalue weighted by molar-refractivity contribution is 7.99. The number of nitrogens with zero attached hydrogens (tertiary/aromatic N) is 1. The number of pyridine rings is 1. The van der Waals surface area contributed by atoms with E-state index in [0.29, 0.717) is 17.2 Å². The van der Waals surface area contributed by atoms with Gasteiger partial charge in [0.25, 0.3) is 0 Å². The molecule has 1 aromatic heterocycles. The fourth-order valence-electron chi connectivity index (χ4n) is 1.46. The highest BCUT2D eigenvalue weighted by Crippen LogP contribution is 2.20. The molecular weight excluding hydrogens is 260 g/mol. The van der Waals surface area contributed by atoms with E-state index in [1.165, 1.54) is 11.8 Å². The van der Waals surface area contributed by atoms with Crippen molar-refractivity contribution in [2.75, 3.05) is 18.1 Å². The number of anilines is 1. The second-order valence-electron chi connectivity index (χ2n) is 3.98. The lowest BCUT2D eigenvalue weighted by Gasteiger charge is -2.13. The Hall–Kier alpha value is -1.72. The van der Waals surface area contributed by atoms with Gasteiger partial charge in [0.1, 0.15) is 12.4 Å². The van der Waals surface area contributed by atoms with Gasteiger partial charge in [-0.3, -0.25) is 0 Å². The van der Waals surface area contributed by atoms with Gasteiger partial charge in [0, 0.05) is 11.9 Å². The third-order valence-electron chi connectivity index (χ3n) is 2.41. The number of aliphatic hydroxyl groups is 1. The maximum Gasteiger partial charge on any atom is 0.142 e. The van der Waals surface area contributed by atoms with E-state index in [1.54, 1.807) is 18.3 Å². The Morgan fingerprint density at radius 3 is 2.74 bits per heavy atom. The van der Waals surface area contributed by atoms with Crippen LogP contribution in [0.25, 0.3) is 0 Å². The fourth-order valence-corrected chi connectivity index (χ4v) is 2.23. The van der Waals surface area contributed by atoms with E-state index in [9.17, 15) is 5.11 Å². The molecule has 0 radical (unpaired) electrons. The zero-order valence-electron chi connectivity index (χ0n) is 10.4. The average Bonchev–Trinajstić information content (AvgIpc) is 2.45. The Morgan fingerprint density at radius 2 is 2.00 bits per heavy atom. The van der Waals surface area contributed by atoms with E-state index in [2.05, 4.69) is 4.98 Å². The lowest BCUT2D eigenvalue weighted by Crippen LogP contribution is -2.20. The van der Waals surface area contributed by atoms with Crippen molar-refractivity contribution in [2.45, 2.75) is 11.1 Å². The minimum absolute atomic E-state index is 0.216. The molecule has 4 nitrogen and oxygen atoms in total. The van der Waals surface area contributed by atoms with Crippen LogP contribution in [0.5, 0.6) is 5.75 Å². The van der Waals surface area contributed by atoms with Crippen molar-refractivity contribution in [1.82, 2.24) is 4.98 Å². The van der Waals surface area contributed by atoms with E-state index < -0.39 is 6.10 Å². The fraction of sp³-hybridized carbons (Fsp3) is 0.214. The van der Waals surface area contributed by atoms with Crippen LogP contribution in [-0.4, -0.2) is 28.6 Å². The maximum absolute atomic E-state index is 9.85. The molecule has 1 unspecified atom stereocenters. The molecule has 1 heterocycles. The number of nitrogens with two attached hydrogens (primary N) is 1. The van der Waals surface area contributed by atoms with Gasteiger partial charge in [-0.2, -0.15) is 0 Å². The molecule has 0 aliphatic heterocycles. The first-order valence-corrected chi connectivity index (χ1v) is 6.93. The van der Waals surface area contributed by atoms with Gasteiger partial charge in [0.2, 0.25) is 0 Å². The lowest BCUT2D eigenvalue weighted by molar-refractivity contribution is 0.127. The molecule has 100 valence electrons. The third kappa shape index (κ3) is 4.46. The Kier molecular flexibility index (Phi) is 5.06. The summed E-state index contributed by atoms with van der Waals surface area (Å²) in [6.07, 6.45) is 1.17. The van der Waals surface area contributed by atoms with Crippen LogP contribution in [-0.2, 0) is 0 Å². The SMILES string of the molecule is Nc1ccccc1OCC(O)CSc1ccccn1. The molecule has 0 bridgehead atoms. The summed E-state index contributed by atoms with van der Waals surface area (Å²) >= 11 is 1.50. The first kappa shape index (κ1) is 13.7. The first-order chi connectivity index (χ1) is 9.25. The molecule has 0 aliphatic carbocycles. The minimum Gasteiger partial charge on any atom is -0.489 e. The molecule has 19 heavy (non-hydrogen) atoms. The van der Waals surface area contributed by atoms with Gasteiger partial charge in [0.15, 0.2) is 0 Å². The summed E-state index contributed by atoms with van der Waals surface area (Å²) in [7, 11) is 0. The Morgan fingerprint density at radius 1 is 1.21 bits per heavy atom. The van der Waals surface area contributed by atoms with Gasteiger partial charge in [-0.1, -0.05) is 18.2 Å². The number of hydrogen-bond acceptors (Lipinski definition) is 5. The second-order valence-corrected chi connectivity index (χ2v) is 5.02. The van der Waals surface area contributed by atoms with E-state index in [-0.39, 0.29) is 6.61 Å². The number of aromatic nitrogens is 1. The summed E-state index contributed by atoms with van der Waals surface area (Å²) in [5.41, 5.74) is 6.33. The van der Waals surface area contributed by atoms with Gasteiger partial charge in [0.05, 0.1) is 16.8 Å². The smallest absolute Gasteiger partial charge is 0.142 e. The van der Waals surface area contributed by atoms with Crippen molar-refractivity contribution >= 4 is 17.4 Å². The van der Waals surface area contributed by atoms with Crippen LogP contribution in [0.15, 0.2) is 53.7 Å². The Labute approximate surface area is 116 Å². The van der Waals surface area contributed by atoms with Crippen molar-refractivity contribution in [3.63, 3.8) is 0 Å². The number of thioether (sulfide) groups is 1. The summed E-state index contributed by atoms with van der Waals surface area (Å²) < 4.78 is 5.48. The van der Waals surface area contributed by atoms with Gasteiger partial charge < -0.3 is 15.6 Å². The quantitative estimate of drug-likeness (QED) is 0.625. The molecule has 0 amide bonds. The normalized spacial score (nSPS) is 12.1. The van der Waals surface area contributed by atoms with E-state index in [4.69, 9.17) is 10.5 Å². The van der Waals surface area contributed by atoms with Crippen molar-refractivity contribution < 1.29 is 9.84 Å². The predicted octanol–water partition coefficient (Wildman–Crippen LogP) is 2.20. The van der Waals surface area contributed by atoms with Crippen LogP contribution >= 0.6 is 11.8 Å². The highest BCUT2D eigenvalue weighted by Gasteiger charge is 2.08. The highest BCUT2D eigenvalue weighted by atomic mass is 32.2. The van der Waals surface area contributed by atoms with E-state index in [0.717, 1.165) is 5.03 Å². The molecule has 1 aromatic carbocycles. The number of benzene rings is 1. The maximum atomic E-state index is 9.85. The van der Waals surface area contributed by atoms with Crippen LogP contribution in [0.3, 0.4) is 0 Å². The molecule has 5 heteroatoms. The molecule has 0 saturated heterocycles. The van der Waals surface area contributed by atoms with Gasteiger partial charge in [-0.15, -0.1) is 11.8 Å². The molecule has 0 aliphatic rings. The van der Waals surface area contributed by atoms with Crippen LogP contribution in [0.4, 0.5) is 5.69 Å². The average molecular weight is 276 g/mol. The summed E-state index contributed by atoms with van der Waals surface area (Å²) in [6.45, 7) is 0.216. The summed E-state index contributed by atoms with van der Waals surface area (Å²) in [5, 5.41) is 10.7. The number of nitrogen functional groups attached to an aromatic ring is 1. The molecule has 2 aromatic rings. The molecule has 0 fully saturated rings. The minimum atomic E-state index is -0.563. The zero-order valence-corrected chi connectivity index (χ0v) is 11.2. The van der Waals surface area contributed by atoms with Crippen LogP contribution in [0.1, 0.15) is 0 Å². The van der Waals surface area contributed by atoms with Crippen molar-refractivity contribution in [3.8, 4) is 5.75 Å². The molecule has 0 saturated carbocycles. The van der Waals surface area contributed by atoms with Crippen LogP contribution in [0.2, 0.25) is 0 Å². The standard InChI is InChI=1S/C14H16N2O2S/c15-12-5-1-2-6-13(12)18-9-11(17)10-19-14-7-3-4-8-16-14/h1-8,11,17H,9-10,15H2. The lowest BCUT2D eigenvalue weighted by atomic mass is 10.3.